The first-order valence-electron chi connectivity index (χ1n) is 14.2. The summed E-state index contributed by atoms with van der Waals surface area (Å²) in [6.07, 6.45) is 1.31. The largest absolute Gasteiger partial charge is 0.465 e. The number of aliphatic hydroxyl groups is 1. The highest BCUT2D eigenvalue weighted by molar-refractivity contribution is 6.37. The van der Waals surface area contributed by atoms with E-state index in [9.17, 15) is 19.2 Å². The normalized spacial score (nSPS) is 17.4. The van der Waals surface area contributed by atoms with Crippen LogP contribution in [0.2, 0.25) is 5.02 Å². The van der Waals surface area contributed by atoms with Crippen molar-refractivity contribution in [3.8, 4) is 0 Å². The molecule has 11 nitrogen and oxygen atoms in total. The predicted octanol–water partition coefficient (Wildman–Crippen LogP) is 4.61. The van der Waals surface area contributed by atoms with Gasteiger partial charge in [0.2, 0.25) is 6.29 Å². The van der Waals surface area contributed by atoms with Gasteiger partial charge in [-0.25, -0.2) is 9.69 Å². The number of methoxy groups -OCH3 is 1. The van der Waals surface area contributed by atoms with Crippen molar-refractivity contribution in [2.45, 2.75) is 25.6 Å². The Balaban J connectivity index is 1.33. The third-order valence-electron chi connectivity index (χ3n) is 7.35. The SMILES string of the molecule is COC(=O)c1ccc([C@H]2C=C(C(=O)Nc3ccc(N4C(=O)c5ccc(Cl)cc5C4=O)c(C)c3)O[C@@H](OCCOCCO)C2)cc1. The molecule has 0 saturated heterocycles. The molecule has 0 fully saturated rings. The molecule has 3 amide bonds. The number of esters is 1. The van der Waals surface area contributed by atoms with Crippen LogP contribution < -0.4 is 10.2 Å². The number of halogens is 1. The molecule has 5 rings (SSSR count). The average Bonchev–Trinajstić information content (AvgIpc) is 3.28. The molecule has 2 aliphatic heterocycles. The first-order chi connectivity index (χ1) is 21.7. The first-order valence-corrected chi connectivity index (χ1v) is 14.5. The Labute approximate surface area is 264 Å². The fourth-order valence-corrected chi connectivity index (χ4v) is 5.32. The van der Waals surface area contributed by atoms with Crippen LogP contribution >= 0.6 is 11.6 Å². The molecule has 12 heteroatoms. The van der Waals surface area contributed by atoms with E-state index in [1.54, 1.807) is 61.5 Å². The summed E-state index contributed by atoms with van der Waals surface area (Å²) in [6.45, 7) is 2.21. The zero-order chi connectivity index (χ0) is 32.1. The lowest BCUT2D eigenvalue weighted by Crippen LogP contribution is -2.31. The molecule has 0 aromatic heterocycles. The van der Waals surface area contributed by atoms with Crippen LogP contribution in [-0.4, -0.2) is 68.6 Å². The topological polar surface area (TPSA) is 141 Å². The number of anilines is 2. The van der Waals surface area contributed by atoms with Crippen molar-refractivity contribution in [1.29, 1.82) is 0 Å². The van der Waals surface area contributed by atoms with Crippen molar-refractivity contribution >= 4 is 46.7 Å². The van der Waals surface area contributed by atoms with Crippen LogP contribution in [0.15, 0.2) is 72.5 Å². The molecule has 0 bridgehead atoms. The Morgan fingerprint density at radius 1 is 1.00 bits per heavy atom. The summed E-state index contributed by atoms with van der Waals surface area (Å²) in [7, 11) is 1.31. The number of aryl methyl sites for hydroxylation is 1. The number of allylic oxidation sites excluding steroid dienone is 1. The van der Waals surface area contributed by atoms with E-state index in [0.29, 0.717) is 33.9 Å². The fourth-order valence-electron chi connectivity index (χ4n) is 5.15. The van der Waals surface area contributed by atoms with Gasteiger partial charge in [-0.1, -0.05) is 23.7 Å². The van der Waals surface area contributed by atoms with Crippen molar-refractivity contribution in [2.75, 3.05) is 43.8 Å². The van der Waals surface area contributed by atoms with Crippen molar-refractivity contribution in [1.82, 2.24) is 0 Å². The number of hydrogen-bond acceptors (Lipinski definition) is 9. The standard InChI is InChI=1S/C33H31ClN2O9/c1-19-15-24(8-10-27(19)36-31(39)25-9-7-23(34)18-26(25)32(36)40)35-30(38)28-16-22(17-29(45-28)44-14-13-43-12-11-37)20-3-5-21(6-4-20)33(41)42-2/h3-10,15-16,18,22,29,37H,11-14,17H2,1-2H3,(H,35,38)/t22-,29+/m0/s1. The number of ether oxygens (including phenoxy) is 4. The number of hydrogen-bond donors (Lipinski definition) is 2. The number of carbonyl (C=O) groups excluding carboxylic acids is 4. The molecule has 0 aliphatic carbocycles. The molecule has 2 atom stereocenters. The number of carbonyl (C=O) groups is 4. The molecule has 0 radical (unpaired) electrons. The monoisotopic (exact) mass is 634 g/mol. The van der Waals surface area contributed by atoms with E-state index in [-0.39, 0.29) is 49.2 Å². The van der Waals surface area contributed by atoms with Gasteiger partial charge >= 0.3 is 5.97 Å². The summed E-state index contributed by atoms with van der Waals surface area (Å²) in [5, 5.41) is 12.1. The highest BCUT2D eigenvalue weighted by Crippen LogP contribution is 2.35. The Bertz CT molecular complexity index is 1650. The Kier molecular flexibility index (Phi) is 9.94. The second-order valence-corrected chi connectivity index (χ2v) is 10.8. The van der Waals surface area contributed by atoms with E-state index in [1.165, 1.54) is 19.2 Å². The number of amides is 3. The molecule has 0 spiro atoms. The summed E-state index contributed by atoms with van der Waals surface area (Å²) >= 11 is 6.04. The molecular weight excluding hydrogens is 604 g/mol. The number of aliphatic hydroxyl groups excluding tert-OH is 1. The summed E-state index contributed by atoms with van der Waals surface area (Å²) in [6, 6.07) is 16.3. The summed E-state index contributed by atoms with van der Waals surface area (Å²) in [5.74, 6) is -2.16. The molecular formula is C33H31ClN2O9. The maximum atomic E-state index is 13.4. The number of nitrogens with zero attached hydrogens (tertiary/aromatic N) is 1. The number of benzene rings is 3. The maximum absolute atomic E-state index is 13.4. The minimum atomic E-state index is -0.773. The van der Waals surface area contributed by atoms with E-state index in [4.69, 9.17) is 35.7 Å². The van der Waals surface area contributed by atoms with Crippen LogP contribution in [0.3, 0.4) is 0 Å². The van der Waals surface area contributed by atoms with Gasteiger partial charge in [0.25, 0.3) is 17.7 Å². The van der Waals surface area contributed by atoms with Crippen LogP contribution in [0.1, 0.15) is 54.5 Å². The van der Waals surface area contributed by atoms with E-state index in [1.807, 2.05) is 0 Å². The van der Waals surface area contributed by atoms with E-state index < -0.39 is 30.0 Å². The van der Waals surface area contributed by atoms with E-state index >= 15 is 0 Å². The average molecular weight is 635 g/mol. The smallest absolute Gasteiger partial charge is 0.337 e. The summed E-state index contributed by atoms with van der Waals surface area (Å²) in [5.41, 5.74) is 3.13. The lowest BCUT2D eigenvalue weighted by molar-refractivity contribution is -0.148. The minimum absolute atomic E-state index is 0.0310. The third-order valence-corrected chi connectivity index (χ3v) is 7.59. The van der Waals surface area contributed by atoms with Crippen LogP contribution in [-0.2, 0) is 23.7 Å². The molecule has 2 aliphatic rings. The van der Waals surface area contributed by atoms with Gasteiger partial charge in [-0.3, -0.25) is 14.4 Å². The number of rotatable bonds is 11. The molecule has 2 heterocycles. The van der Waals surface area contributed by atoms with Gasteiger partial charge in [-0.2, -0.15) is 0 Å². The predicted molar refractivity (Wildman–Crippen MR) is 164 cm³/mol. The van der Waals surface area contributed by atoms with Gasteiger partial charge in [-0.05, 0) is 72.7 Å². The lowest BCUT2D eigenvalue weighted by Gasteiger charge is -2.29. The highest BCUT2D eigenvalue weighted by Gasteiger charge is 2.37. The molecule has 3 aromatic carbocycles. The maximum Gasteiger partial charge on any atom is 0.337 e. The number of fused-ring (bicyclic) bond motifs is 1. The van der Waals surface area contributed by atoms with Crippen LogP contribution in [0, 0.1) is 6.92 Å². The van der Waals surface area contributed by atoms with Gasteiger partial charge in [-0.15, -0.1) is 0 Å². The van der Waals surface area contributed by atoms with Gasteiger partial charge < -0.3 is 29.4 Å². The quantitative estimate of drug-likeness (QED) is 0.176. The van der Waals surface area contributed by atoms with Gasteiger partial charge in [0, 0.05) is 23.0 Å². The highest BCUT2D eigenvalue weighted by atomic mass is 35.5. The molecule has 234 valence electrons. The van der Waals surface area contributed by atoms with E-state index in [2.05, 4.69) is 5.32 Å². The van der Waals surface area contributed by atoms with E-state index in [0.717, 1.165) is 10.5 Å². The van der Waals surface area contributed by atoms with Crippen molar-refractivity contribution in [3.63, 3.8) is 0 Å². The zero-order valence-electron chi connectivity index (χ0n) is 24.6. The van der Waals surface area contributed by atoms with Crippen LogP contribution in [0.25, 0.3) is 0 Å². The van der Waals surface area contributed by atoms with Crippen LogP contribution in [0.5, 0.6) is 0 Å². The molecule has 0 unspecified atom stereocenters. The van der Waals surface area contributed by atoms with Crippen LogP contribution in [0.4, 0.5) is 11.4 Å². The molecule has 45 heavy (non-hydrogen) atoms. The second-order valence-electron chi connectivity index (χ2n) is 10.3. The molecule has 2 N–H and O–H groups in total. The Morgan fingerprint density at radius 3 is 2.47 bits per heavy atom. The first kappa shape index (κ1) is 31.9. The minimum Gasteiger partial charge on any atom is -0.465 e. The Hall–Kier alpha value is -4.55. The Morgan fingerprint density at radius 2 is 1.76 bits per heavy atom. The summed E-state index contributed by atoms with van der Waals surface area (Å²) in [4.78, 5) is 52.5. The molecule has 0 saturated carbocycles. The second kappa shape index (κ2) is 14.0. The number of imide groups is 1. The lowest BCUT2D eigenvalue weighted by atomic mass is 9.92. The van der Waals surface area contributed by atoms with Crippen molar-refractivity contribution in [3.05, 3.63) is 105 Å². The van der Waals surface area contributed by atoms with Gasteiger partial charge in [0.1, 0.15) is 0 Å². The number of nitrogens with one attached hydrogen (secondary N) is 1. The fraction of sp³-hybridized carbons (Fsp3) is 0.273. The van der Waals surface area contributed by atoms with Gasteiger partial charge in [0.15, 0.2) is 5.76 Å². The van der Waals surface area contributed by atoms with Crippen molar-refractivity contribution in [2.24, 2.45) is 0 Å². The molecule has 3 aromatic rings. The zero-order valence-corrected chi connectivity index (χ0v) is 25.3. The summed E-state index contributed by atoms with van der Waals surface area (Å²) < 4.78 is 21.8. The third kappa shape index (κ3) is 7.07. The van der Waals surface area contributed by atoms with Gasteiger partial charge in [0.05, 0.1) is 55.9 Å². The van der Waals surface area contributed by atoms with Crippen molar-refractivity contribution < 1.29 is 43.2 Å².